The smallest absolute Gasteiger partial charge is 0.224 e. The summed E-state index contributed by atoms with van der Waals surface area (Å²) in [5.74, 6) is -1.60. The number of rotatable bonds is 5. The topological polar surface area (TPSA) is 29.1 Å². The molecule has 1 amide bonds. The summed E-state index contributed by atoms with van der Waals surface area (Å²) in [6, 6.07) is 3.42. The van der Waals surface area contributed by atoms with Gasteiger partial charge in [0, 0.05) is 12.4 Å². The number of alkyl halides is 1. The van der Waals surface area contributed by atoms with E-state index in [9.17, 15) is 13.6 Å². The number of benzene rings is 1. The first-order valence-electron chi connectivity index (χ1n) is 4.90. The fourth-order valence-electron chi connectivity index (χ4n) is 1.19. The average Bonchev–Trinajstić information content (AvgIpc) is 2.24. The second-order valence-electron chi connectivity index (χ2n) is 3.32. The molecule has 1 rings (SSSR count). The molecule has 16 heavy (non-hydrogen) atoms. The highest BCUT2D eigenvalue weighted by Crippen LogP contribution is 2.09. The number of halogens is 3. The highest BCUT2D eigenvalue weighted by atomic mass is 35.5. The molecule has 1 aromatic rings. The Morgan fingerprint density at radius 3 is 2.69 bits per heavy atom. The highest BCUT2D eigenvalue weighted by Gasteiger charge is 2.06. The second-order valence-corrected chi connectivity index (χ2v) is 3.70. The minimum Gasteiger partial charge on any atom is -0.356 e. The number of amides is 1. The van der Waals surface area contributed by atoms with Crippen molar-refractivity contribution in [3.05, 3.63) is 35.4 Å². The van der Waals surface area contributed by atoms with E-state index >= 15 is 0 Å². The maximum absolute atomic E-state index is 12.8. The summed E-state index contributed by atoms with van der Waals surface area (Å²) in [6.45, 7) is 0.492. The fraction of sp³-hybridized carbons (Fsp3) is 0.364. The molecule has 0 aliphatic carbocycles. The molecule has 0 aliphatic rings. The molecule has 0 radical (unpaired) electrons. The van der Waals surface area contributed by atoms with Crippen LogP contribution < -0.4 is 5.32 Å². The Morgan fingerprint density at radius 1 is 1.31 bits per heavy atom. The summed E-state index contributed by atoms with van der Waals surface area (Å²) in [5.41, 5.74) is 0.447. The molecule has 0 saturated heterocycles. The van der Waals surface area contributed by atoms with Gasteiger partial charge >= 0.3 is 0 Å². The molecule has 0 heterocycles. The molecule has 1 aromatic carbocycles. The quantitative estimate of drug-likeness (QED) is 0.628. The van der Waals surface area contributed by atoms with Gasteiger partial charge < -0.3 is 5.32 Å². The first-order chi connectivity index (χ1) is 7.63. The normalized spacial score (nSPS) is 10.2. The van der Waals surface area contributed by atoms with E-state index in [0.29, 0.717) is 24.4 Å². The summed E-state index contributed by atoms with van der Waals surface area (Å²) in [5, 5.41) is 2.63. The van der Waals surface area contributed by atoms with Crippen LogP contribution in [0.25, 0.3) is 0 Å². The van der Waals surface area contributed by atoms with Crippen molar-refractivity contribution in [1.29, 1.82) is 0 Å². The SMILES string of the molecule is O=C(Cc1ccc(F)c(F)c1)NCCCCl. The summed E-state index contributed by atoms with van der Waals surface area (Å²) in [4.78, 5) is 11.3. The maximum Gasteiger partial charge on any atom is 0.224 e. The van der Waals surface area contributed by atoms with Gasteiger partial charge in [0.05, 0.1) is 6.42 Å². The van der Waals surface area contributed by atoms with Crippen LogP contribution in [0.1, 0.15) is 12.0 Å². The van der Waals surface area contributed by atoms with Crippen molar-refractivity contribution < 1.29 is 13.6 Å². The first-order valence-corrected chi connectivity index (χ1v) is 5.43. The summed E-state index contributed by atoms with van der Waals surface area (Å²) >= 11 is 5.44. The van der Waals surface area contributed by atoms with Crippen molar-refractivity contribution in [3.8, 4) is 0 Å². The number of carbonyl (C=O) groups is 1. The molecule has 0 unspecified atom stereocenters. The van der Waals surface area contributed by atoms with Crippen LogP contribution in [0.5, 0.6) is 0 Å². The van der Waals surface area contributed by atoms with Crippen LogP contribution in [0, 0.1) is 11.6 Å². The monoisotopic (exact) mass is 247 g/mol. The van der Waals surface area contributed by atoms with Gasteiger partial charge in [-0.05, 0) is 24.1 Å². The van der Waals surface area contributed by atoms with Crippen molar-refractivity contribution in [1.82, 2.24) is 5.32 Å². The lowest BCUT2D eigenvalue weighted by molar-refractivity contribution is -0.120. The Balaban J connectivity index is 2.46. The third-order valence-corrected chi connectivity index (χ3v) is 2.25. The molecular weight excluding hydrogens is 236 g/mol. The lowest BCUT2D eigenvalue weighted by Gasteiger charge is -2.04. The highest BCUT2D eigenvalue weighted by molar-refractivity contribution is 6.17. The van der Waals surface area contributed by atoms with Crippen molar-refractivity contribution in [2.45, 2.75) is 12.8 Å². The standard InChI is InChI=1S/C11H12ClF2NO/c12-4-1-5-15-11(16)7-8-2-3-9(13)10(14)6-8/h2-3,6H,1,4-5,7H2,(H,15,16). The van der Waals surface area contributed by atoms with Crippen molar-refractivity contribution in [2.75, 3.05) is 12.4 Å². The molecule has 0 aromatic heterocycles. The van der Waals surface area contributed by atoms with Gasteiger partial charge in [-0.15, -0.1) is 11.6 Å². The lowest BCUT2D eigenvalue weighted by atomic mass is 10.1. The Labute approximate surface area is 97.6 Å². The second kappa shape index (κ2) is 6.43. The van der Waals surface area contributed by atoms with Crippen molar-refractivity contribution in [3.63, 3.8) is 0 Å². The number of hydrogen-bond acceptors (Lipinski definition) is 1. The van der Waals surface area contributed by atoms with Gasteiger partial charge in [-0.25, -0.2) is 8.78 Å². The molecule has 0 aliphatic heterocycles. The van der Waals surface area contributed by atoms with Gasteiger partial charge in [-0.3, -0.25) is 4.79 Å². The number of nitrogens with one attached hydrogen (secondary N) is 1. The maximum atomic E-state index is 12.8. The predicted molar refractivity (Wildman–Crippen MR) is 58.4 cm³/mol. The van der Waals surface area contributed by atoms with Crippen LogP contribution in [0.3, 0.4) is 0 Å². The van der Waals surface area contributed by atoms with Crippen molar-refractivity contribution in [2.24, 2.45) is 0 Å². The third-order valence-electron chi connectivity index (χ3n) is 1.98. The fourth-order valence-corrected chi connectivity index (χ4v) is 1.33. The molecule has 0 bridgehead atoms. The Hall–Kier alpha value is -1.16. The van der Waals surface area contributed by atoms with Gasteiger partial charge in [-0.2, -0.15) is 0 Å². The van der Waals surface area contributed by atoms with Gasteiger partial charge in [0.1, 0.15) is 0 Å². The van der Waals surface area contributed by atoms with E-state index in [0.717, 1.165) is 12.1 Å². The molecular formula is C11H12ClF2NO. The first kappa shape index (κ1) is 12.9. The summed E-state index contributed by atoms with van der Waals surface area (Å²) < 4.78 is 25.4. The van der Waals surface area contributed by atoms with E-state index in [1.807, 2.05) is 0 Å². The van der Waals surface area contributed by atoms with E-state index in [4.69, 9.17) is 11.6 Å². The number of hydrogen-bond donors (Lipinski definition) is 1. The molecule has 0 saturated carbocycles. The van der Waals surface area contributed by atoms with Crippen LogP contribution in [0.2, 0.25) is 0 Å². The van der Waals surface area contributed by atoms with E-state index in [1.165, 1.54) is 6.07 Å². The van der Waals surface area contributed by atoms with Gasteiger partial charge in [0.15, 0.2) is 11.6 Å². The van der Waals surface area contributed by atoms with E-state index in [1.54, 1.807) is 0 Å². The predicted octanol–water partition coefficient (Wildman–Crippen LogP) is 2.25. The summed E-state index contributed by atoms with van der Waals surface area (Å²) in [6.07, 6.45) is 0.727. The average molecular weight is 248 g/mol. The van der Waals surface area contributed by atoms with E-state index in [-0.39, 0.29) is 12.3 Å². The molecule has 2 nitrogen and oxygen atoms in total. The Bertz CT molecular complexity index is 371. The lowest BCUT2D eigenvalue weighted by Crippen LogP contribution is -2.26. The minimum absolute atomic E-state index is 0.0412. The van der Waals surface area contributed by atoms with Crippen LogP contribution in [0.15, 0.2) is 18.2 Å². The van der Waals surface area contributed by atoms with Gasteiger partial charge in [0.25, 0.3) is 0 Å². The number of carbonyl (C=O) groups excluding carboxylic acids is 1. The zero-order valence-corrected chi connectivity index (χ0v) is 9.36. The molecule has 88 valence electrons. The van der Waals surface area contributed by atoms with Crippen LogP contribution in [-0.2, 0) is 11.2 Å². The van der Waals surface area contributed by atoms with Gasteiger partial charge in [0.2, 0.25) is 5.91 Å². The largest absolute Gasteiger partial charge is 0.356 e. The zero-order valence-electron chi connectivity index (χ0n) is 8.60. The Morgan fingerprint density at radius 2 is 2.06 bits per heavy atom. The van der Waals surface area contributed by atoms with Crippen LogP contribution in [-0.4, -0.2) is 18.3 Å². The molecule has 0 atom stereocenters. The van der Waals surface area contributed by atoms with E-state index < -0.39 is 11.6 Å². The minimum atomic E-state index is -0.939. The van der Waals surface area contributed by atoms with Gasteiger partial charge in [-0.1, -0.05) is 6.07 Å². The van der Waals surface area contributed by atoms with Crippen molar-refractivity contribution >= 4 is 17.5 Å². The molecule has 0 fully saturated rings. The molecule has 5 heteroatoms. The molecule has 0 spiro atoms. The van der Waals surface area contributed by atoms with Crippen LogP contribution >= 0.6 is 11.6 Å². The third kappa shape index (κ3) is 4.14. The van der Waals surface area contributed by atoms with Crippen LogP contribution in [0.4, 0.5) is 8.78 Å². The Kier molecular flexibility index (Phi) is 5.19. The van der Waals surface area contributed by atoms with E-state index in [2.05, 4.69) is 5.32 Å². The summed E-state index contributed by atoms with van der Waals surface area (Å²) in [7, 11) is 0. The molecule has 1 N–H and O–H groups in total. The zero-order chi connectivity index (χ0) is 12.0.